The molecule has 1 aromatic heterocycles. The van der Waals surface area contributed by atoms with Gasteiger partial charge in [-0.25, -0.2) is 0 Å². The first-order chi connectivity index (χ1) is 18.9. The SMILES string of the molecule is COC(=O)CC(=O)OC[C@H]1O[C@@H](Oc2c(-c3ccc(O)c(O)c3)oc3cc(O)cc(O)c3c2=O)[C@H](O)[C@@H](O)[C@@H]1O. The van der Waals surface area contributed by atoms with E-state index in [4.69, 9.17) is 18.6 Å². The number of benzene rings is 2. The van der Waals surface area contributed by atoms with Crippen molar-refractivity contribution in [2.45, 2.75) is 37.1 Å². The summed E-state index contributed by atoms with van der Waals surface area (Å²) in [6, 6.07) is 5.20. The third kappa shape index (κ3) is 5.57. The summed E-state index contributed by atoms with van der Waals surface area (Å²) in [4.78, 5) is 36.5. The maximum atomic E-state index is 13.5. The lowest BCUT2D eigenvalue weighted by Gasteiger charge is -2.39. The number of aromatic hydroxyl groups is 4. The fourth-order valence-corrected chi connectivity index (χ4v) is 3.91. The number of fused-ring (bicyclic) bond motifs is 1. The largest absolute Gasteiger partial charge is 0.508 e. The summed E-state index contributed by atoms with van der Waals surface area (Å²) in [6.07, 6.45) is -9.85. The van der Waals surface area contributed by atoms with Crippen LogP contribution in [0.5, 0.6) is 28.7 Å². The van der Waals surface area contributed by atoms with Gasteiger partial charge in [0.15, 0.2) is 17.3 Å². The van der Waals surface area contributed by atoms with Gasteiger partial charge in [-0.15, -0.1) is 0 Å². The van der Waals surface area contributed by atoms with Gasteiger partial charge in [-0.05, 0) is 18.2 Å². The van der Waals surface area contributed by atoms with Gasteiger partial charge in [0, 0.05) is 17.7 Å². The smallest absolute Gasteiger partial charge is 0.317 e. The van der Waals surface area contributed by atoms with Crippen LogP contribution in [-0.4, -0.2) is 92.1 Å². The molecule has 15 heteroatoms. The summed E-state index contributed by atoms with van der Waals surface area (Å²) in [7, 11) is 1.06. The highest BCUT2D eigenvalue weighted by molar-refractivity contribution is 5.91. The Morgan fingerprint density at radius 2 is 1.62 bits per heavy atom. The van der Waals surface area contributed by atoms with Crippen molar-refractivity contribution in [3.05, 3.63) is 40.6 Å². The molecule has 0 bridgehead atoms. The summed E-state index contributed by atoms with van der Waals surface area (Å²) in [6.45, 7) is -0.703. The standard InChI is InChI=1S/C25H24O15/c1-36-16(30)7-17(31)37-8-15-19(32)21(34)22(35)25(39-15)40-24-20(33)18-13(29)5-10(26)6-14(18)38-23(24)9-2-3-11(27)12(28)4-9/h2-6,15,19,21-22,25-29,32,34-35H,7-8H2,1H3/t15-,19-,21+,22-,25+/m1/s1. The van der Waals surface area contributed by atoms with Crippen LogP contribution in [0.25, 0.3) is 22.3 Å². The predicted octanol–water partition coefficient (Wildman–Crippen LogP) is -0.425. The number of hydrogen-bond acceptors (Lipinski definition) is 15. The van der Waals surface area contributed by atoms with Gasteiger partial charge in [0.1, 0.15) is 59.9 Å². The third-order valence-electron chi connectivity index (χ3n) is 5.98. The van der Waals surface area contributed by atoms with Crippen LogP contribution in [0.15, 0.2) is 39.5 Å². The highest BCUT2D eigenvalue weighted by Gasteiger charge is 2.46. The monoisotopic (exact) mass is 564 g/mol. The average molecular weight is 564 g/mol. The van der Waals surface area contributed by atoms with Crippen LogP contribution in [-0.2, 0) is 23.8 Å². The molecule has 0 amide bonds. The molecule has 214 valence electrons. The summed E-state index contributed by atoms with van der Waals surface area (Å²) in [5, 5.41) is 70.6. The molecule has 4 rings (SSSR count). The highest BCUT2D eigenvalue weighted by atomic mass is 16.7. The lowest BCUT2D eigenvalue weighted by molar-refractivity contribution is -0.278. The molecule has 7 N–H and O–H groups in total. The molecule has 0 radical (unpaired) electrons. The van der Waals surface area contributed by atoms with E-state index in [1.54, 1.807) is 0 Å². The van der Waals surface area contributed by atoms with E-state index in [0.29, 0.717) is 0 Å². The first-order valence-corrected chi connectivity index (χ1v) is 11.5. The second kappa shape index (κ2) is 11.3. The fraction of sp³-hybridized carbons (Fsp3) is 0.320. The molecule has 1 aliphatic heterocycles. The number of phenols is 4. The number of carbonyl (C=O) groups excluding carboxylic acids is 2. The quantitative estimate of drug-likeness (QED) is 0.109. The van der Waals surface area contributed by atoms with Gasteiger partial charge in [0.05, 0.1) is 7.11 Å². The van der Waals surface area contributed by atoms with E-state index in [-0.39, 0.29) is 11.1 Å². The lowest BCUT2D eigenvalue weighted by atomic mass is 9.99. The number of aliphatic hydroxyl groups is 3. The number of aliphatic hydroxyl groups excluding tert-OH is 3. The van der Waals surface area contributed by atoms with E-state index in [9.17, 15) is 50.1 Å². The maximum absolute atomic E-state index is 13.5. The van der Waals surface area contributed by atoms with E-state index in [1.807, 2.05) is 0 Å². The zero-order chi connectivity index (χ0) is 29.3. The summed E-state index contributed by atoms with van der Waals surface area (Å²) < 4.78 is 26.0. The summed E-state index contributed by atoms with van der Waals surface area (Å²) in [5.41, 5.74) is -1.36. The van der Waals surface area contributed by atoms with Crippen LogP contribution in [0.3, 0.4) is 0 Å². The van der Waals surface area contributed by atoms with E-state index in [1.165, 1.54) is 6.07 Å². The minimum absolute atomic E-state index is 0.0358. The molecular weight excluding hydrogens is 540 g/mol. The molecule has 0 unspecified atom stereocenters. The van der Waals surface area contributed by atoms with Gasteiger partial charge in [0.2, 0.25) is 17.5 Å². The van der Waals surface area contributed by atoms with Crippen molar-refractivity contribution in [3.8, 4) is 40.1 Å². The minimum Gasteiger partial charge on any atom is -0.508 e. The first-order valence-electron chi connectivity index (χ1n) is 11.5. The number of rotatable bonds is 7. The van der Waals surface area contributed by atoms with Gasteiger partial charge in [-0.1, -0.05) is 0 Å². The molecule has 0 spiro atoms. The Labute approximate surface area is 223 Å². The molecule has 0 aliphatic carbocycles. The van der Waals surface area contributed by atoms with Crippen molar-refractivity contribution in [3.63, 3.8) is 0 Å². The Bertz CT molecular complexity index is 1500. The van der Waals surface area contributed by atoms with Crippen molar-refractivity contribution in [1.29, 1.82) is 0 Å². The Balaban J connectivity index is 1.73. The van der Waals surface area contributed by atoms with Gasteiger partial charge < -0.3 is 59.1 Å². The fourth-order valence-electron chi connectivity index (χ4n) is 3.91. The van der Waals surface area contributed by atoms with Gasteiger partial charge in [-0.3, -0.25) is 14.4 Å². The Hall–Kier alpha value is -4.57. The topological polar surface area (TPSA) is 243 Å². The van der Waals surface area contributed by atoms with Crippen molar-refractivity contribution >= 4 is 22.9 Å². The van der Waals surface area contributed by atoms with Crippen LogP contribution in [0, 0.1) is 0 Å². The van der Waals surface area contributed by atoms with Crippen LogP contribution >= 0.6 is 0 Å². The van der Waals surface area contributed by atoms with Gasteiger partial charge in [0.25, 0.3) is 0 Å². The summed E-state index contributed by atoms with van der Waals surface area (Å²) in [5.74, 6) is -5.28. The number of phenolic OH excluding ortho intramolecular Hbond substituents is 4. The number of ether oxygens (including phenoxy) is 4. The molecule has 40 heavy (non-hydrogen) atoms. The van der Waals surface area contributed by atoms with Crippen LogP contribution in [0.4, 0.5) is 0 Å². The molecule has 1 saturated heterocycles. The van der Waals surface area contributed by atoms with Crippen molar-refractivity contribution < 1.29 is 68.7 Å². The molecule has 2 aromatic carbocycles. The molecular formula is C25H24O15. The normalized spacial score (nSPS) is 22.6. The van der Waals surface area contributed by atoms with E-state index >= 15 is 0 Å². The number of esters is 2. The predicted molar refractivity (Wildman–Crippen MR) is 129 cm³/mol. The number of hydrogen-bond donors (Lipinski definition) is 7. The Kier molecular flexibility index (Phi) is 8.01. The van der Waals surface area contributed by atoms with Crippen molar-refractivity contribution in [1.82, 2.24) is 0 Å². The van der Waals surface area contributed by atoms with Crippen molar-refractivity contribution in [2.24, 2.45) is 0 Å². The zero-order valence-corrected chi connectivity index (χ0v) is 20.6. The minimum atomic E-state index is -1.97. The van der Waals surface area contributed by atoms with Gasteiger partial charge >= 0.3 is 11.9 Å². The van der Waals surface area contributed by atoms with E-state index in [0.717, 1.165) is 31.4 Å². The highest BCUT2D eigenvalue weighted by Crippen LogP contribution is 2.39. The molecule has 1 fully saturated rings. The second-order valence-electron chi connectivity index (χ2n) is 8.70. The van der Waals surface area contributed by atoms with Gasteiger partial charge in [-0.2, -0.15) is 0 Å². The van der Waals surface area contributed by atoms with Crippen LogP contribution in [0.1, 0.15) is 6.42 Å². The Morgan fingerprint density at radius 1 is 0.900 bits per heavy atom. The van der Waals surface area contributed by atoms with Crippen LogP contribution < -0.4 is 10.2 Å². The average Bonchev–Trinajstić information content (AvgIpc) is 2.90. The van der Waals surface area contributed by atoms with Crippen LogP contribution in [0.2, 0.25) is 0 Å². The molecule has 1 aliphatic rings. The first kappa shape index (κ1) is 28.4. The summed E-state index contributed by atoms with van der Waals surface area (Å²) >= 11 is 0. The zero-order valence-electron chi connectivity index (χ0n) is 20.6. The third-order valence-corrected chi connectivity index (χ3v) is 5.98. The maximum Gasteiger partial charge on any atom is 0.317 e. The molecule has 2 heterocycles. The molecule has 0 saturated carbocycles. The molecule has 3 aromatic rings. The van der Waals surface area contributed by atoms with E-state index < -0.39 is 101 Å². The lowest BCUT2D eigenvalue weighted by Crippen LogP contribution is -2.60. The number of methoxy groups -OCH3 is 1. The molecule has 15 nitrogen and oxygen atoms in total. The van der Waals surface area contributed by atoms with Crippen molar-refractivity contribution in [2.75, 3.05) is 13.7 Å². The second-order valence-corrected chi connectivity index (χ2v) is 8.70. The van der Waals surface area contributed by atoms with E-state index in [2.05, 4.69) is 4.74 Å². The number of carbonyl (C=O) groups is 2. The molecule has 5 atom stereocenters. The Morgan fingerprint density at radius 3 is 2.30 bits per heavy atom.